The van der Waals surface area contributed by atoms with Crippen LogP contribution in [0, 0.1) is 18.8 Å². The van der Waals surface area contributed by atoms with Crippen molar-refractivity contribution in [3.63, 3.8) is 0 Å². The van der Waals surface area contributed by atoms with E-state index in [0.717, 1.165) is 23.3 Å². The van der Waals surface area contributed by atoms with Crippen LogP contribution in [0.15, 0.2) is 12.1 Å². The van der Waals surface area contributed by atoms with Crippen LogP contribution in [0.1, 0.15) is 104 Å². The Morgan fingerprint density at radius 3 is 2.04 bits per heavy atom. The summed E-state index contributed by atoms with van der Waals surface area (Å²) in [5, 5.41) is 0. The van der Waals surface area contributed by atoms with Gasteiger partial charge in [-0.1, -0.05) is 91.8 Å². The average Bonchev–Trinajstić information content (AvgIpc) is 3.30. The van der Waals surface area contributed by atoms with Crippen LogP contribution in [0.2, 0.25) is 0 Å². The van der Waals surface area contributed by atoms with Gasteiger partial charge < -0.3 is 4.74 Å². The number of unbranched alkanes of at least 4 members (excludes halogenated alkanes) is 3. The highest BCUT2D eigenvalue weighted by molar-refractivity contribution is 5.79. The molecule has 0 heterocycles. The molecule has 0 aliphatic heterocycles. The maximum Gasteiger partial charge on any atom is 0.314 e. The summed E-state index contributed by atoms with van der Waals surface area (Å²) in [7, 11) is 0. The molecule has 0 amide bonds. The highest BCUT2D eigenvalue weighted by Gasteiger charge is 2.44. The average molecular weight is 373 g/mol. The molecule has 1 aromatic rings. The number of ether oxygens (including phenoxy) is 1. The molecule has 0 N–H and O–H groups in total. The van der Waals surface area contributed by atoms with E-state index in [9.17, 15) is 4.79 Å². The summed E-state index contributed by atoms with van der Waals surface area (Å²) in [5.74, 6) is 1.43. The molecular weight excluding hydrogens is 332 g/mol. The SMILES string of the molecule is CCCCCC[C@H]1C[C@@H]1C(=O)Oc1c(C(C)(C)C)cc(C)cc1C(C)(C)C. The zero-order chi connectivity index (χ0) is 20.4. The molecule has 0 spiro atoms. The first kappa shape index (κ1) is 22.0. The molecule has 152 valence electrons. The van der Waals surface area contributed by atoms with Crippen molar-refractivity contribution < 1.29 is 9.53 Å². The molecule has 1 aromatic carbocycles. The number of rotatable bonds is 7. The minimum absolute atomic E-state index is 0.0182. The second kappa shape index (κ2) is 8.37. The van der Waals surface area contributed by atoms with Gasteiger partial charge in [0, 0.05) is 11.1 Å². The van der Waals surface area contributed by atoms with Crippen LogP contribution in [-0.4, -0.2) is 5.97 Å². The second-order valence-corrected chi connectivity index (χ2v) is 10.6. The monoisotopic (exact) mass is 372 g/mol. The lowest BCUT2D eigenvalue weighted by molar-refractivity contribution is -0.136. The molecule has 1 fully saturated rings. The molecule has 0 saturated heterocycles. The van der Waals surface area contributed by atoms with E-state index in [2.05, 4.69) is 67.5 Å². The van der Waals surface area contributed by atoms with Gasteiger partial charge in [-0.05, 0) is 36.5 Å². The fraction of sp³-hybridized carbons (Fsp3) is 0.720. The van der Waals surface area contributed by atoms with Crippen molar-refractivity contribution in [2.75, 3.05) is 0 Å². The predicted molar refractivity (Wildman–Crippen MR) is 115 cm³/mol. The summed E-state index contributed by atoms with van der Waals surface area (Å²) >= 11 is 0. The minimum Gasteiger partial charge on any atom is -0.426 e. The Balaban J connectivity index is 2.19. The van der Waals surface area contributed by atoms with Gasteiger partial charge in [-0.25, -0.2) is 0 Å². The fourth-order valence-corrected chi connectivity index (χ4v) is 3.86. The van der Waals surface area contributed by atoms with Crippen LogP contribution in [0.25, 0.3) is 0 Å². The largest absolute Gasteiger partial charge is 0.426 e. The number of hydrogen-bond acceptors (Lipinski definition) is 2. The van der Waals surface area contributed by atoms with Crippen LogP contribution in [0.4, 0.5) is 0 Å². The summed E-state index contributed by atoms with van der Waals surface area (Å²) < 4.78 is 6.13. The van der Waals surface area contributed by atoms with Crippen molar-refractivity contribution in [2.24, 2.45) is 11.8 Å². The zero-order valence-electron chi connectivity index (χ0n) is 18.9. The van der Waals surface area contributed by atoms with Gasteiger partial charge in [0.1, 0.15) is 5.75 Å². The molecule has 27 heavy (non-hydrogen) atoms. The number of carbonyl (C=O) groups is 1. The van der Waals surface area contributed by atoms with Crippen molar-refractivity contribution in [1.82, 2.24) is 0 Å². The Morgan fingerprint density at radius 1 is 1.00 bits per heavy atom. The maximum absolute atomic E-state index is 12.9. The third-order valence-electron chi connectivity index (χ3n) is 5.71. The van der Waals surface area contributed by atoms with Crippen LogP contribution in [0.5, 0.6) is 5.75 Å². The van der Waals surface area contributed by atoms with Crippen LogP contribution >= 0.6 is 0 Å². The van der Waals surface area contributed by atoms with E-state index in [1.807, 2.05) is 0 Å². The van der Waals surface area contributed by atoms with E-state index >= 15 is 0 Å². The number of esters is 1. The third-order valence-corrected chi connectivity index (χ3v) is 5.71. The first-order valence-corrected chi connectivity index (χ1v) is 10.8. The lowest BCUT2D eigenvalue weighted by atomic mass is 9.78. The Hall–Kier alpha value is -1.31. The van der Waals surface area contributed by atoms with Gasteiger partial charge in [0.2, 0.25) is 0 Å². The summed E-state index contributed by atoms with van der Waals surface area (Å²) in [6.07, 6.45) is 7.27. The normalized spacial score (nSPS) is 19.9. The van der Waals surface area contributed by atoms with Crippen molar-refractivity contribution in [1.29, 1.82) is 0 Å². The van der Waals surface area contributed by atoms with E-state index in [-0.39, 0.29) is 22.7 Å². The second-order valence-electron chi connectivity index (χ2n) is 10.6. The number of benzene rings is 1. The molecule has 0 radical (unpaired) electrons. The first-order valence-electron chi connectivity index (χ1n) is 10.8. The molecule has 2 atom stereocenters. The van der Waals surface area contributed by atoms with Gasteiger partial charge >= 0.3 is 5.97 Å². The molecule has 2 rings (SSSR count). The van der Waals surface area contributed by atoms with Crippen molar-refractivity contribution in [3.05, 3.63) is 28.8 Å². The molecule has 0 unspecified atom stereocenters. The number of carbonyl (C=O) groups excluding carboxylic acids is 1. The van der Waals surface area contributed by atoms with Gasteiger partial charge in [-0.2, -0.15) is 0 Å². The predicted octanol–water partition coefficient (Wildman–Crippen LogP) is 7.10. The fourth-order valence-electron chi connectivity index (χ4n) is 3.86. The van der Waals surface area contributed by atoms with Gasteiger partial charge in [-0.3, -0.25) is 4.79 Å². The van der Waals surface area contributed by atoms with Crippen molar-refractivity contribution in [2.45, 2.75) is 105 Å². The highest BCUT2D eigenvalue weighted by Crippen LogP contribution is 2.46. The molecule has 1 aliphatic rings. The minimum atomic E-state index is -0.0647. The van der Waals surface area contributed by atoms with E-state index in [1.165, 1.54) is 37.7 Å². The smallest absolute Gasteiger partial charge is 0.314 e. The molecule has 0 aromatic heterocycles. The van der Waals surface area contributed by atoms with Crippen LogP contribution in [-0.2, 0) is 15.6 Å². The van der Waals surface area contributed by atoms with Gasteiger partial charge in [0.05, 0.1) is 5.92 Å². The number of aryl methyl sites for hydroxylation is 1. The topological polar surface area (TPSA) is 26.3 Å². The van der Waals surface area contributed by atoms with Gasteiger partial charge in [-0.15, -0.1) is 0 Å². The highest BCUT2D eigenvalue weighted by atomic mass is 16.5. The third kappa shape index (κ3) is 5.83. The Bertz CT molecular complexity index is 623. The molecule has 1 saturated carbocycles. The lowest BCUT2D eigenvalue weighted by Crippen LogP contribution is -2.23. The summed E-state index contributed by atoms with van der Waals surface area (Å²) in [6, 6.07) is 4.37. The summed E-state index contributed by atoms with van der Waals surface area (Å²) in [4.78, 5) is 12.9. The Morgan fingerprint density at radius 2 is 1.56 bits per heavy atom. The van der Waals surface area contributed by atoms with Crippen molar-refractivity contribution in [3.8, 4) is 5.75 Å². The van der Waals surface area contributed by atoms with Crippen molar-refractivity contribution >= 4 is 5.97 Å². The molecule has 0 bridgehead atoms. The number of hydrogen-bond donors (Lipinski definition) is 0. The molecule has 2 heteroatoms. The molecular formula is C25H40O2. The Kier molecular flexibility index (Phi) is 6.81. The van der Waals surface area contributed by atoms with Gasteiger partial charge in [0.15, 0.2) is 0 Å². The maximum atomic E-state index is 12.9. The van der Waals surface area contributed by atoms with Crippen LogP contribution < -0.4 is 4.74 Å². The van der Waals surface area contributed by atoms with Crippen LogP contribution in [0.3, 0.4) is 0 Å². The van der Waals surface area contributed by atoms with E-state index in [0.29, 0.717) is 5.92 Å². The standard InChI is InChI=1S/C25H40O2/c1-9-10-11-12-13-18-16-19(18)23(26)27-22-20(24(3,4)5)14-17(2)15-21(22)25(6,7)8/h14-15,18-19H,9-13,16H2,1-8H3/t18-,19-/m0/s1. The first-order chi connectivity index (χ1) is 12.4. The van der Waals surface area contributed by atoms with E-state index < -0.39 is 0 Å². The summed E-state index contributed by atoms with van der Waals surface area (Å²) in [5.41, 5.74) is 3.38. The zero-order valence-corrected chi connectivity index (χ0v) is 18.9. The molecule has 1 aliphatic carbocycles. The molecule has 2 nitrogen and oxygen atoms in total. The van der Waals surface area contributed by atoms with E-state index in [1.54, 1.807) is 0 Å². The summed E-state index contributed by atoms with van der Waals surface area (Å²) in [6.45, 7) is 17.5. The van der Waals surface area contributed by atoms with Gasteiger partial charge in [0.25, 0.3) is 0 Å². The lowest BCUT2D eigenvalue weighted by Gasteiger charge is -2.29. The Labute approximate surface area is 167 Å². The quantitative estimate of drug-likeness (QED) is 0.290. The van der Waals surface area contributed by atoms with E-state index in [4.69, 9.17) is 4.74 Å².